The van der Waals surface area contributed by atoms with E-state index in [-0.39, 0.29) is 6.54 Å². The van der Waals surface area contributed by atoms with Crippen molar-refractivity contribution in [2.24, 2.45) is 0 Å². The lowest BCUT2D eigenvalue weighted by molar-refractivity contribution is -0.138. The van der Waals surface area contributed by atoms with Crippen LogP contribution in [0.1, 0.15) is 17.5 Å². The van der Waals surface area contributed by atoms with Crippen molar-refractivity contribution in [3.8, 4) is 0 Å². The van der Waals surface area contributed by atoms with E-state index in [0.29, 0.717) is 5.56 Å². The van der Waals surface area contributed by atoms with Crippen molar-refractivity contribution >= 4 is 11.8 Å². The van der Waals surface area contributed by atoms with E-state index in [9.17, 15) is 13.2 Å². The predicted molar refractivity (Wildman–Crippen MR) is 66.1 cm³/mol. The molecule has 0 saturated carbocycles. The van der Waals surface area contributed by atoms with Gasteiger partial charge in [-0.1, -0.05) is 18.2 Å². The van der Waals surface area contributed by atoms with Gasteiger partial charge in [-0.25, -0.2) is 0 Å². The maximum atomic E-state index is 12.6. The van der Waals surface area contributed by atoms with Crippen LogP contribution in [-0.4, -0.2) is 18.6 Å². The van der Waals surface area contributed by atoms with E-state index in [4.69, 9.17) is 0 Å². The summed E-state index contributed by atoms with van der Waals surface area (Å²) >= 11 is 1.74. The van der Waals surface area contributed by atoms with Gasteiger partial charge in [0.15, 0.2) is 0 Å². The van der Waals surface area contributed by atoms with Gasteiger partial charge in [0.2, 0.25) is 0 Å². The van der Waals surface area contributed by atoms with Crippen LogP contribution in [0.15, 0.2) is 24.3 Å². The van der Waals surface area contributed by atoms with Gasteiger partial charge in [-0.2, -0.15) is 24.9 Å². The Morgan fingerprint density at radius 1 is 1.24 bits per heavy atom. The van der Waals surface area contributed by atoms with E-state index in [2.05, 4.69) is 5.32 Å². The Labute approximate surface area is 104 Å². The average Bonchev–Trinajstić information content (AvgIpc) is 2.28. The van der Waals surface area contributed by atoms with Gasteiger partial charge in [0.1, 0.15) is 0 Å². The van der Waals surface area contributed by atoms with Crippen LogP contribution in [0.4, 0.5) is 13.2 Å². The first-order chi connectivity index (χ1) is 8.05. The third-order valence-corrected chi connectivity index (χ3v) is 3.04. The molecule has 0 aliphatic heterocycles. The summed E-state index contributed by atoms with van der Waals surface area (Å²) in [5, 5.41) is 3.04. The highest BCUT2D eigenvalue weighted by Gasteiger charge is 2.32. The summed E-state index contributed by atoms with van der Waals surface area (Å²) in [4.78, 5) is 0. The second-order valence-corrected chi connectivity index (χ2v) is 4.66. The minimum absolute atomic E-state index is 0.268. The lowest BCUT2D eigenvalue weighted by Crippen LogP contribution is -2.18. The predicted octanol–water partition coefficient (Wildman–Crippen LogP) is 3.55. The maximum absolute atomic E-state index is 12.6. The van der Waals surface area contributed by atoms with E-state index in [0.717, 1.165) is 24.8 Å². The lowest BCUT2D eigenvalue weighted by Gasteiger charge is -2.13. The minimum atomic E-state index is -4.27. The van der Waals surface area contributed by atoms with Crippen LogP contribution in [0, 0.1) is 0 Å². The summed E-state index contributed by atoms with van der Waals surface area (Å²) in [5.74, 6) is 1.02. The first-order valence-corrected chi connectivity index (χ1v) is 6.80. The topological polar surface area (TPSA) is 12.0 Å². The van der Waals surface area contributed by atoms with E-state index in [1.54, 1.807) is 17.8 Å². The van der Waals surface area contributed by atoms with Crippen LogP contribution in [0.5, 0.6) is 0 Å². The number of halogens is 3. The van der Waals surface area contributed by atoms with E-state index in [1.807, 2.05) is 6.26 Å². The molecule has 0 aromatic heterocycles. The zero-order valence-electron chi connectivity index (χ0n) is 9.68. The monoisotopic (exact) mass is 263 g/mol. The molecule has 0 atom stereocenters. The van der Waals surface area contributed by atoms with Crippen molar-refractivity contribution in [3.63, 3.8) is 0 Å². The molecule has 0 saturated heterocycles. The number of nitrogens with one attached hydrogen (secondary N) is 1. The van der Waals surface area contributed by atoms with Crippen LogP contribution in [0.2, 0.25) is 0 Å². The second kappa shape index (κ2) is 6.91. The van der Waals surface area contributed by atoms with Crippen LogP contribution >= 0.6 is 11.8 Å². The molecular formula is C12H16F3NS. The summed E-state index contributed by atoms with van der Waals surface area (Å²) in [6, 6.07) is 5.69. The summed E-state index contributed by atoms with van der Waals surface area (Å²) in [5.41, 5.74) is -0.235. The van der Waals surface area contributed by atoms with E-state index < -0.39 is 11.7 Å². The zero-order valence-corrected chi connectivity index (χ0v) is 10.5. The molecule has 0 amide bonds. The third-order valence-electron chi connectivity index (χ3n) is 2.34. The van der Waals surface area contributed by atoms with Crippen LogP contribution in [0.25, 0.3) is 0 Å². The highest BCUT2D eigenvalue weighted by molar-refractivity contribution is 7.98. The first-order valence-electron chi connectivity index (χ1n) is 5.40. The Balaban J connectivity index is 2.53. The van der Waals surface area contributed by atoms with Gasteiger partial charge in [-0.15, -0.1) is 0 Å². The lowest BCUT2D eigenvalue weighted by atomic mass is 10.1. The second-order valence-electron chi connectivity index (χ2n) is 3.68. The maximum Gasteiger partial charge on any atom is 0.416 e. The molecule has 1 aromatic rings. The van der Waals surface area contributed by atoms with Crippen LogP contribution in [0.3, 0.4) is 0 Å². The van der Waals surface area contributed by atoms with Crippen molar-refractivity contribution in [1.82, 2.24) is 5.32 Å². The van der Waals surface area contributed by atoms with Gasteiger partial charge in [0, 0.05) is 6.54 Å². The largest absolute Gasteiger partial charge is 0.416 e. The third kappa shape index (κ3) is 5.00. The van der Waals surface area contributed by atoms with Crippen molar-refractivity contribution in [1.29, 1.82) is 0 Å². The molecule has 1 aromatic carbocycles. The van der Waals surface area contributed by atoms with E-state index in [1.165, 1.54) is 12.1 Å². The molecule has 0 radical (unpaired) electrons. The quantitative estimate of drug-likeness (QED) is 0.788. The first kappa shape index (κ1) is 14.4. The fraction of sp³-hybridized carbons (Fsp3) is 0.500. The molecule has 96 valence electrons. The molecule has 0 fully saturated rings. The molecule has 1 N–H and O–H groups in total. The molecular weight excluding hydrogens is 247 g/mol. The molecule has 0 heterocycles. The van der Waals surface area contributed by atoms with Crippen molar-refractivity contribution < 1.29 is 13.2 Å². The number of benzene rings is 1. The highest BCUT2D eigenvalue weighted by atomic mass is 32.2. The Hall–Kier alpha value is -0.680. The van der Waals surface area contributed by atoms with Crippen molar-refractivity contribution in [2.45, 2.75) is 19.1 Å². The van der Waals surface area contributed by atoms with Gasteiger partial charge in [-0.3, -0.25) is 0 Å². The fourth-order valence-corrected chi connectivity index (χ4v) is 1.95. The Bertz CT molecular complexity index is 339. The van der Waals surface area contributed by atoms with Gasteiger partial charge in [0.25, 0.3) is 0 Å². The van der Waals surface area contributed by atoms with Crippen molar-refractivity contribution in [2.75, 3.05) is 18.6 Å². The average molecular weight is 263 g/mol. The zero-order chi connectivity index (χ0) is 12.7. The summed E-state index contributed by atoms with van der Waals surface area (Å²) < 4.78 is 37.9. The SMILES string of the molecule is CSCCCNCc1ccccc1C(F)(F)F. The van der Waals surface area contributed by atoms with E-state index >= 15 is 0 Å². The standard InChI is InChI=1S/C12H16F3NS/c1-17-8-4-7-16-9-10-5-2-3-6-11(10)12(13,14)15/h2-3,5-6,16H,4,7-9H2,1H3. The highest BCUT2D eigenvalue weighted by Crippen LogP contribution is 2.31. The molecule has 0 aliphatic rings. The van der Waals surface area contributed by atoms with Crippen LogP contribution in [-0.2, 0) is 12.7 Å². The smallest absolute Gasteiger partial charge is 0.313 e. The number of hydrogen-bond donors (Lipinski definition) is 1. The minimum Gasteiger partial charge on any atom is -0.313 e. The Morgan fingerprint density at radius 2 is 1.94 bits per heavy atom. The molecule has 1 rings (SSSR count). The van der Waals surface area contributed by atoms with Gasteiger partial charge < -0.3 is 5.32 Å². The molecule has 0 bridgehead atoms. The molecule has 0 unspecified atom stereocenters. The van der Waals surface area contributed by atoms with Gasteiger partial charge >= 0.3 is 6.18 Å². The molecule has 0 spiro atoms. The molecule has 5 heteroatoms. The number of alkyl halides is 3. The number of rotatable bonds is 6. The summed E-state index contributed by atoms with van der Waals surface area (Å²) in [7, 11) is 0. The normalized spacial score (nSPS) is 11.8. The summed E-state index contributed by atoms with van der Waals surface area (Å²) in [6.45, 7) is 1.01. The molecule has 1 nitrogen and oxygen atoms in total. The van der Waals surface area contributed by atoms with Gasteiger partial charge in [-0.05, 0) is 36.6 Å². The fourth-order valence-electron chi connectivity index (χ4n) is 1.52. The molecule has 17 heavy (non-hydrogen) atoms. The Kier molecular flexibility index (Phi) is 5.85. The number of hydrogen-bond acceptors (Lipinski definition) is 2. The number of thioether (sulfide) groups is 1. The molecule has 0 aliphatic carbocycles. The van der Waals surface area contributed by atoms with Crippen molar-refractivity contribution in [3.05, 3.63) is 35.4 Å². The van der Waals surface area contributed by atoms with Gasteiger partial charge in [0.05, 0.1) is 5.56 Å². The van der Waals surface area contributed by atoms with Crippen LogP contribution < -0.4 is 5.32 Å². The summed E-state index contributed by atoms with van der Waals surface area (Å²) in [6.07, 6.45) is -1.29. The Morgan fingerprint density at radius 3 is 2.59 bits per heavy atom.